The number of aryl methyl sites for hydroxylation is 2. The van der Waals surface area contributed by atoms with Gasteiger partial charge in [-0.2, -0.15) is 0 Å². The van der Waals surface area contributed by atoms with Gasteiger partial charge >= 0.3 is 0 Å². The molecular weight excluding hydrogens is 864 g/mol. The molecule has 0 bridgehead atoms. The zero-order valence-corrected chi connectivity index (χ0v) is 41.7. The molecule has 0 unspecified atom stereocenters. The topological polar surface area (TPSA) is 6.48 Å². The van der Waals surface area contributed by atoms with Gasteiger partial charge in [0.25, 0.3) is 6.71 Å². The Hall–Kier alpha value is -7.40. The summed E-state index contributed by atoms with van der Waals surface area (Å²) in [6, 6.07) is 72.7. The van der Waals surface area contributed by atoms with Crippen molar-refractivity contribution in [3.63, 3.8) is 0 Å². The van der Waals surface area contributed by atoms with Crippen molar-refractivity contribution in [2.75, 3.05) is 9.80 Å². The molecule has 0 atom stereocenters. The first kappa shape index (κ1) is 41.6. The molecule has 2 aliphatic heterocycles. The number of nitrogens with zero attached hydrogens (tertiary/aromatic N) is 2. The van der Waals surface area contributed by atoms with Crippen LogP contribution in [0.1, 0.15) is 85.0 Å². The first-order valence-electron chi connectivity index (χ1n) is 25.1. The van der Waals surface area contributed by atoms with E-state index in [1.807, 2.05) is 11.3 Å². The minimum Gasteiger partial charge on any atom is -0.311 e. The molecule has 1 aromatic heterocycles. The molecule has 14 rings (SSSR count). The Morgan fingerprint density at radius 1 is 0.500 bits per heavy atom. The van der Waals surface area contributed by atoms with Gasteiger partial charge in [0.2, 0.25) is 0 Å². The van der Waals surface area contributed by atoms with Crippen molar-refractivity contribution < 1.29 is 0 Å². The molecular formula is C66H53BN2S. The Morgan fingerprint density at radius 3 is 1.80 bits per heavy atom. The molecule has 0 N–H and O–H groups in total. The Morgan fingerprint density at radius 2 is 1.11 bits per heavy atom. The molecule has 2 aliphatic carbocycles. The molecule has 4 heteroatoms. The normalized spacial score (nSPS) is 14.4. The fourth-order valence-corrected chi connectivity index (χ4v) is 14.2. The van der Waals surface area contributed by atoms with Crippen LogP contribution in [0.3, 0.4) is 0 Å². The molecule has 0 radical (unpaired) electrons. The lowest BCUT2D eigenvalue weighted by atomic mass is 9.36. The molecule has 0 saturated carbocycles. The zero-order chi connectivity index (χ0) is 47.4. The highest BCUT2D eigenvalue weighted by atomic mass is 32.1. The van der Waals surface area contributed by atoms with E-state index in [0.29, 0.717) is 5.92 Å². The number of rotatable bonds is 4. The summed E-state index contributed by atoms with van der Waals surface area (Å²) in [5.74, 6) is 0.445. The molecule has 70 heavy (non-hydrogen) atoms. The first-order chi connectivity index (χ1) is 34.0. The summed E-state index contributed by atoms with van der Waals surface area (Å²) in [6.07, 6.45) is 0. The van der Waals surface area contributed by atoms with E-state index in [9.17, 15) is 0 Å². The average Bonchev–Trinajstić information content (AvgIpc) is 3.98. The van der Waals surface area contributed by atoms with E-state index in [0.717, 1.165) is 0 Å². The minimum absolute atomic E-state index is 0.0146. The predicted octanol–water partition coefficient (Wildman–Crippen LogP) is 16.0. The molecule has 9 aromatic carbocycles. The number of hydrogen-bond acceptors (Lipinski definition) is 3. The number of anilines is 6. The van der Waals surface area contributed by atoms with E-state index in [-0.39, 0.29) is 12.1 Å². The Kier molecular flexibility index (Phi) is 8.79. The molecule has 3 heterocycles. The van der Waals surface area contributed by atoms with Crippen molar-refractivity contribution in [1.82, 2.24) is 0 Å². The van der Waals surface area contributed by atoms with Crippen LogP contribution < -0.4 is 25.5 Å². The van der Waals surface area contributed by atoms with E-state index < -0.39 is 5.41 Å². The summed E-state index contributed by atoms with van der Waals surface area (Å²) < 4.78 is 2.72. The van der Waals surface area contributed by atoms with Crippen molar-refractivity contribution in [3.8, 4) is 33.4 Å². The van der Waals surface area contributed by atoms with Crippen LogP contribution in [0.5, 0.6) is 0 Å². The van der Waals surface area contributed by atoms with Crippen LogP contribution in [-0.2, 0) is 10.8 Å². The summed E-state index contributed by atoms with van der Waals surface area (Å²) >= 11 is 2.01. The van der Waals surface area contributed by atoms with Crippen LogP contribution in [0.25, 0.3) is 43.5 Å². The third kappa shape index (κ3) is 5.69. The highest BCUT2D eigenvalue weighted by molar-refractivity contribution is 7.33. The van der Waals surface area contributed by atoms with Gasteiger partial charge in [-0.05, 0) is 163 Å². The van der Waals surface area contributed by atoms with E-state index in [1.54, 1.807) is 0 Å². The van der Waals surface area contributed by atoms with E-state index in [4.69, 9.17) is 0 Å². The van der Waals surface area contributed by atoms with Gasteiger partial charge in [0, 0.05) is 43.3 Å². The fourth-order valence-electron chi connectivity index (χ4n) is 12.8. The van der Waals surface area contributed by atoms with E-state index in [2.05, 4.69) is 246 Å². The molecule has 0 amide bonds. The van der Waals surface area contributed by atoms with Gasteiger partial charge in [-0.1, -0.05) is 174 Å². The van der Waals surface area contributed by atoms with Crippen LogP contribution in [0.15, 0.2) is 188 Å². The SMILES string of the molecule is Cc1cc2c3c(c1)N(c1ccc(C(C)(C)C)cc1)c1c(sc4cc5c(cc14)-c1ccc(C)cc1C51c4ccccc4-c4ccccc41)B3c1ccc(-c3ccccc3)cc1N2c1ccc(C(C)C)cc1. The van der Waals surface area contributed by atoms with Crippen molar-refractivity contribution >= 4 is 78.0 Å². The second-order valence-corrected chi connectivity index (χ2v) is 22.7. The largest absolute Gasteiger partial charge is 0.311 e. The lowest BCUT2D eigenvalue weighted by Gasteiger charge is -2.43. The van der Waals surface area contributed by atoms with Crippen molar-refractivity contribution in [2.45, 2.75) is 65.2 Å². The number of thiophene rings is 1. The van der Waals surface area contributed by atoms with Gasteiger partial charge in [-0.25, -0.2) is 0 Å². The molecule has 0 fully saturated rings. The Balaban J connectivity index is 1.09. The monoisotopic (exact) mass is 916 g/mol. The highest BCUT2D eigenvalue weighted by Crippen LogP contribution is 2.64. The van der Waals surface area contributed by atoms with Gasteiger partial charge in [0.15, 0.2) is 0 Å². The summed E-state index contributed by atoms with van der Waals surface area (Å²) in [4.78, 5) is 5.21. The van der Waals surface area contributed by atoms with Crippen LogP contribution in [0.4, 0.5) is 34.1 Å². The standard InChI is InChI=1S/C66H53BN2S/c1-39(2)42-22-27-46(28-23-42)68-58-36-44(43-15-9-8-10-16-43)24-32-57(58)67-62-59(68)34-41(4)35-60(62)69(47-29-25-45(26-30-47)65(5,6)7)63-52-37-51-50-31-21-40(3)33-55(50)66(56(51)38-61(52)70-64(63)67)53-19-13-11-17-48(53)49-18-12-14-20-54(49)66/h8-39H,1-7H3. The third-order valence-corrected chi connectivity index (χ3v) is 17.3. The molecule has 10 aromatic rings. The van der Waals surface area contributed by atoms with Gasteiger partial charge in [-0.3, -0.25) is 0 Å². The van der Waals surface area contributed by atoms with E-state index in [1.165, 1.54) is 138 Å². The van der Waals surface area contributed by atoms with Crippen molar-refractivity contribution in [1.29, 1.82) is 0 Å². The Labute approximate surface area is 416 Å². The number of benzene rings is 9. The van der Waals surface area contributed by atoms with Crippen LogP contribution in [0, 0.1) is 13.8 Å². The summed E-state index contributed by atoms with van der Waals surface area (Å²) in [5, 5.41) is 1.31. The maximum atomic E-state index is 2.64. The van der Waals surface area contributed by atoms with Crippen molar-refractivity contribution in [2.24, 2.45) is 0 Å². The molecule has 0 saturated heterocycles. The highest BCUT2D eigenvalue weighted by Gasteiger charge is 2.53. The smallest absolute Gasteiger partial charge is 0.264 e. The van der Waals surface area contributed by atoms with Gasteiger partial charge in [-0.15, -0.1) is 11.3 Å². The van der Waals surface area contributed by atoms with Crippen LogP contribution >= 0.6 is 11.3 Å². The number of hydrogen-bond donors (Lipinski definition) is 0. The maximum absolute atomic E-state index is 2.64. The maximum Gasteiger partial charge on any atom is 0.264 e. The van der Waals surface area contributed by atoms with Crippen LogP contribution in [-0.4, -0.2) is 6.71 Å². The van der Waals surface area contributed by atoms with Crippen LogP contribution in [0.2, 0.25) is 0 Å². The third-order valence-electron chi connectivity index (χ3n) is 16.1. The van der Waals surface area contributed by atoms with Gasteiger partial charge < -0.3 is 9.80 Å². The van der Waals surface area contributed by atoms with Gasteiger partial charge in [0.1, 0.15) is 0 Å². The van der Waals surface area contributed by atoms with Crippen molar-refractivity contribution in [3.05, 3.63) is 233 Å². The second kappa shape index (κ2) is 14.8. The molecule has 336 valence electrons. The summed E-state index contributed by atoms with van der Waals surface area (Å²) in [6.45, 7) is 16.0. The lowest BCUT2D eigenvalue weighted by molar-refractivity contribution is 0.590. The average molecular weight is 917 g/mol. The molecule has 4 aliphatic rings. The molecule has 1 spiro atoms. The predicted molar refractivity (Wildman–Crippen MR) is 300 cm³/mol. The lowest BCUT2D eigenvalue weighted by Crippen LogP contribution is -2.60. The number of fused-ring (bicyclic) bond motifs is 16. The fraction of sp³-hybridized carbons (Fsp3) is 0.152. The molecule has 2 nitrogen and oxygen atoms in total. The Bertz CT molecular complexity index is 3770. The van der Waals surface area contributed by atoms with E-state index >= 15 is 0 Å². The van der Waals surface area contributed by atoms with Gasteiger partial charge in [0.05, 0.1) is 11.1 Å². The minimum atomic E-state index is -0.421. The summed E-state index contributed by atoms with van der Waals surface area (Å²) in [7, 11) is 0. The quantitative estimate of drug-likeness (QED) is 0.162. The second-order valence-electron chi connectivity index (χ2n) is 21.6. The zero-order valence-electron chi connectivity index (χ0n) is 40.9. The first-order valence-corrected chi connectivity index (χ1v) is 25.9. The summed E-state index contributed by atoms with van der Waals surface area (Å²) in [5.41, 5.74) is 28.3.